The molecule has 0 aromatic carbocycles. The number of carbonyl (C=O) groups is 1. The summed E-state index contributed by atoms with van der Waals surface area (Å²) >= 11 is 0. The van der Waals surface area contributed by atoms with Crippen molar-refractivity contribution in [3.8, 4) is 0 Å². The molecule has 6 heteroatoms. The van der Waals surface area contributed by atoms with E-state index in [2.05, 4.69) is 0 Å². The summed E-state index contributed by atoms with van der Waals surface area (Å²) in [5, 5.41) is 0. The SMILES string of the molecule is Cl.Cl.NCCC(=O)N1CCC[C@@H](N)C1. The van der Waals surface area contributed by atoms with Crippen LogP contribution in [0.15, 0.2) is 0 Å². The van der Waals surface area contributed by atoms with Gasteiger partial charge < -0.3 is 16.4 Å². The number of likely N-dealkylation sites (tertiary alicyclic amines) is 1. The first kappa shape index (κ1) is 16.4. The monoisotopic (exact) mass is 243 g/mol. The van der Waals surface area contributed by atoms with E-state index in [4.69, 9.17) is 11.5 Å². The molecule has 0 aromatic rings. The molecule has 0 unspecified atom stereocenters. The molecule has 0 aliphatic carbocycles. The Kier molecular flexibility index (Phi) is 9.72. The van der Waals surface area contributed by atoms with Crippen LogP contribution in [0.4, 0.5) is 0 Å². The van der Waals surface area contributed by atoms with E-state index in [1.807, 2.05) is 4.90 Å². The number of hydrogen-bond acceptors (Lipinski definition) is 3. The van der Waals surface area contributed by atoms with Gasteiger partial charge in [0.2, 0.25) is 5.91 Å². The Balaban J connectivity index is 0. The number of hydrogen-bond donors (Lipinski definition) is 2. The Morgan fingerprint density at radius 2 is 2.07 bits per heavy atom. The van der Waals surface area contributed by atoms with E-state index < -0.39 is 0 Å². The Hall–Kier alpha value is -0.0300. The van der Waals surface area contributed by atoms with Gasteiger partial charge in [-0.05, 0) is 12.8 Å². The van der Waals surface area contributed by atoms with Crippen LogP contribution in [0, 0.1) is 0 Å². The minimum Gasteiger partial charge on any atom is -0.341 e. The lowest BCUT2D eigenvalue weighted by Crippen LogP contribution is -2.46. The molecule has 1 aliphatic rings. The lowest BCUT2D eigenvalue weighted by molar-refractivity contribution is -0.132. The number of amides is 1. The zero-order chi connectivity index (χ0) is 8.97. The smallest absolute Gasteiger partial charge is 0.223 e. The molecule has 4 nitrogen and oxygen atoms in total. The number of nitrogens with zero attached hydrogens (tertiary/aromatic N) is 1. The van der Waals surface area contributed by atoms with Crippen molar-refractivity contribution in [1.82, 2.24) is 4.90 Å². The standard InChI is InChI=1S/C8H17N3O.2ClH/c9-4-3-8(12)11-5-1-2-7(10)6-11;;/h7H,1-6,9-10H2;2*1H/t7-;;/m1../s1. The van der Waals surface area contributed by atoms with Crippen LogP contribution in [0.1, 0.15) is 19.3 Å². The van der Waals surface area contributed by atoms with Gasteiger partial charge in [-0.3, -0.25) is 4.79 Å². The van der Waals surface area contributed by atoms with Crippen molar-refractivity contribution in [3.05, 3.63) is 0 Å². The van der Waals surface area contributed by atoms with Crippen LogP contribution in [0.2, 0.25) is 0 Å². The summed E-state index contributed by atoms with van der Waals surface area (Å²) in [6, 6.07) is 0.167. The molecule has 4 N–H and O–H groups in total. The van der Waals surface area contributed by atoms with Crippen molar-refractivity contribution in [2.24, 2.45) is 11.5 Å². The van der Waals surface area contributed by atoms with Crippen molar-refractivity contribution < 1.29 is 4.79 Å². The summed E-state index contributed by atoms with van der Waals surface area (Å²) in [5.41, 5.74) is 11.0. The zero-order valence-corrected chi connectivity index (χ0v) is 9.78. The number of halogens is 2. The highest BCUT2D eigenvalue weighted by molar-refractivity contribution is 5.85. The summed E-state index contributed by atoms with van der Waals surface area (Å²) in [5.74, 6) is 0.146. The van der Waals surface area contributed by atoms with E-state index in [-0.39, 0.29) is 36.8 Å². The number of rotatable bonds is 2. The van der Waals surface area contributed by atoms with Crippen LogP contribution in [0.25, 0.3) is 0 Å². The summed E-state index contributed by atoms with van der Waals surface area (Å²) in [7, 11) is 0. The summed E-state index contributed by atoms with van der Waals surface area (Å²) in [4.78, 5) is 13.2. The van der Waals surface area contributed by atoms with Crippen molar-refractivity contribution in [1.29, 1.82) is 0 Å². The average Bonchev–Trinajstić information content (AvgIpc) is 2.05. The maximum atomic E-state index is 11.3. The van der Waals surface area contributed by atoms with Crippen LogP contribution < -0.4 is 11.5 Å². The molecule has 0 radical (unpaired) electrons. The average molecular weight is 244 g/mol. The van der Waals surface area contributed by atoms with Crippen molar-refractivity contribution in [3.63, 3.8) is 0 Å². The first-order valence-electron chi connectivity index (χ1n) is 4.47. The largest absolute Gasteiger partial charge is 0.341 e. The molecule has 1 aliphatic heterocycles. The van der Waals surface area contributed by atoms with Gasteiger partial charge in [0.1, 0.15) is 0 Å². The second kappa shape index (κ2) is 8.29. The molecule has 1 atom stereocenters. The highest BCUT2D eigenvalue weighted by atomic mass is 35.5. The van der Waals surface area contributed by atoms with Crippen molar-refractivity contribution >= 4 is 30.7 Å². The molecule has 1 rings (SSSR count). The maximum absolute atomic E-state index is 11.3. The van der Waals surface area contributed by atoms with Crippen LogP contribution in [0.3, 0.4) is 0 Å². The van der Waals surface area contributed by atoms with Gasteiger partial charge >= 0.3 is 0 Å². The molecular weight excluding hydrogens is 225 g/mol. The second-order valence-corrected chi connectivity index (χ2v) is 3.28. The third-order valence-corrected chi connectivity index (χ3v) is 2.17. The topological polar surface area (TPSA) is 72.4 Å². The van der Waals surface area contributed by atoms with Crippen LogP contribution in [-0.4, -0.2) is 36.5 Å². The number of nitrogens with two attached hydrogens (primary N) is 2. The Morgan fingerprint density at radius 1 is 1.43 bits per heavy atom. The Bertz CT molecular complexity index is 169. The fourth-order valence-corrected chi connectivity index (χ4v) is 1.52. The van der Waals surface area contributed by atoms with Crippen LogP contribution >= 0.6 is 24.8 Å². The Morgan fingerprint density at radius 3 is 2.57 bits per heavy atom. The molecule has 0 spiro atoms. The zero-order valence-electron chi connectivity index (χ0n) is 8.15. The minimum absolute atomic E-state index is 0. The first-order chi connectivity index (χ1) is 5.74. The quantitative estimate of drug-likeness (QED) is 0.725. The van der Waals surface area contributed by atoms with Crippen LogP contribution in [-0.2, 0) is 4.79 Å². The third-order valence-electron chi connectivity index (χ3n) is 2.17. The highest BCUT2D eigenvalue weighted by Gasteiger charge is 2.19. The third kappa shape index (κ3) is 5.00. The van der Waals surface area contributed by atoms with Gasteiger partial charge in [-0.1, -0.05) is 0 Å². The van der Waals surface area contributed by atoms with E-state index in [0.717, 1.165) is 19.4 Å². The normalized spacial score (nSPS) is 20.7. The molecule has 0 saturated carbocycles. The molecular formula is C8H19Cl2N3O. The molecule has 1 amide bonds. The molecule has 0 bridgehead atoms. The van der Waals surface area contributed by atoms with Gasteiger partial charge in [-0.2, -0.15) is 0 Å². The van der Waals surface area contributed by atoms with Gasteiger partial charge in [-0.25, -0.2) is 0 Å². The summed E-state index contributed by atoms with van der Waals surface area (Å²) in [6.07, 6.45) is 2.51. The van der Waals surface area contributed by atoms with Gasteiger partial charge in [0.15, 0.2) is 0 Å². The number of piperidine rings is 1. The van der Waals surface area contributed by atoms with Gasteiger partial charge in [0.05, 0.1) is 0 Å². The van der Waals surface area contributed by atoms with Gasteiger partial charge in [-0.15, -0.1) is 24.8 Å². The van der Waals surface area contributed by atoms with E-state index in [1.165, 1.54) is 0 Å². The van der Waals surface area contributed by atoms with E-state index >= 15 is 0 Å². The predicted molar refractivity (Wildman–Crippen MR) is 62.0 cm³/mol. The minimum atomic E-state index is 0. The lowest BCUT2D eigenvalue weighted by atomic mass is 10.1. The summed E-state index contributed by atoms with van der Waals surface area (Å²) in [6.45, 7) is 2.00. The fraction of sp³-hybridized carbons (Fsp3) is 0.875. The van der Waals surface area contributed by atoms with E-state index in [9.17, 15) is 4.79 Å². The Labute approximate surface area is 97.2 Å². The second-order valence-electron chi connectivity index (χ2n) is 3.28. The molecule has 86 valence electrons. The first-order valence-corrected chi connectivity index (χ1v) is 4.47. The van der Waals surface area contributed by atoms with Gasteiger partial charge in [0, 0.05) is 32.1 Å². The number of carbonyl (C=O) groups excluding carboxylic acids is 1. The van der Waals surface area contributed by atoms with E-state index in [0.29, 0.717) is 19.5 Å². The lowest BCUT2D eigenvalue weighted by Gasteiger charge is -2.30. The van der Waals surface area contributed by atoms with Crippen molar-refractivity contribution in [2.45, 2.75) is 25.3 Å². The maximum Gasteiger partial charge on any atom is 0.223 e. The predicted octanol–water partition coefficient (Wildman–Crippen LogP) is 0.129. The van der Waals surface area contributed by atoms with Crippen molar-refractivity contribution in [2.75, 3.05) is 19.6 Å². The summed E-state index contributed by atoms with van der Waals surface area (Å²) < 4.78 is 0. The molecule has 1 heterocycles. The molecule has 14 heavy (non-hydrogen) atoms. The van der Waals surface area contributed by atoms with Crippen LogP contribution in [0.5, 0.6) is 0 Å². The molecule has 1 saturated heterocycles. The molecule has 0 aromatic heterocycles. The van der Waals surface area contributed by atoms with Gasteiger partial charge in [0.25, 0.3) is 0 Å². The van der Waals surface area contributed by atoms with E-state index in [1.54, 1.807) is 0 Å². The fourth-order valence-electron chi connectivity index (χ4n) is 1.52. The molecule has 1 fully saturated rings. The highest BCUT2D eigenvalue weighted by Crippen LogP contribution is 2.08.